The maximum atomic E-state index is 13.7. The van der Waals surface area contributed by atoms with Crippen LogP contribution in [0.1, 0.15) is 30.8 Å². The molecule has 1 aromatic carbocycles. The summed E-state index contributed by atoms with van der Waals surface area (Å²) in [7, 11) is 0. The van der Waals surface area contributed by atoms with Gasteiger partial charge >= 0.3 is 0 Å². The number of halogens is 1. The second-order valence-corrected chi connectivity index (χ2v) is 4.17. The Balaban J connectivity index is 2.48. The maximum absolute atomic E-state index is 13.7. The molecule has 1 atom stereocenters. The molecule has 18 heavy (non-hydrogen) atoms. The second-order valence-electron chi connectivity index (χ2n) is 4.17. The lowest BCUT2D eigenvalue weighted by molar-refractivity contribution is 0.630. The molecule has 1 N–H and O–H groups in total. The van der Waals surface area contributed by atoms with Crippen molar-refractivity contribution in [2.45, 2.75) is 26.2 Å². The van der Waals surface area contributed by atoms with Crippen LogP contribution in [-0.4, -0.2) is 9.97 Å². The monoisotopic (exact) mass is 243 g/mol. The third-order valence-corrected chi connectivity index (χ3v) is 2.93. The summed E-state index contributed by atoms with van der Waals surface area (Å²) in [6, 6.07) is 8.70. The molecule has 1 aromatic heterocycles. The van der Waals surface area contributed by atoms with Crippen LogP contribution in [0.2, 0.25) is 0 Å². The summed E-state index contributed by atoms with van der Waals surface area (Å²) < 4.78 is 13.7. The Hall–Kier alpha value is -2.15. The number of imidazole rings is 1. The number of nitrogens with zero attached hydrogens (tertiary/aromatic N) is 2. The quantitative estimate of drug-likeness (QED) is 0.896. The molecule has 92 valence electrons. The summed E-state index contributed by atoms with van der Waals surface area (Å²) in [5.74, 6) is 0.0311. The fourth-order valence-electron chi connectivity index (χ4n) is 1.91. The van der Waals surface area contributed by atoms with Gasteiger partial charge in [0, 0.05) is 11.3 Å². The van der Waals surface area contributed by atoms with Crippen molar-refractivity contribution in [1.82, 2.24) is 9.97 Å². The number of H-pyrrole nitrogens is 1. The van der Waals surface area contributed by atoms with Gasteiger partial charge in [-0.25, -0.2) is 9.37 Å². The average molecular weight is 243 g/mol. The summed E-state index contributed by atoms with van der Waals surface area (Å²) in [4.78, 5) is 7.44. The standard InChI is InChI=1S/C14H14FN3/c1-3-10(8-16)14-17-9(2)13(18-14)11-6-4-5-7-12(11)15/h4-7,10H,3H2,1-2H3,(H,17,18). The minimum Gasteiger partial charge on any atom is -0.344 e. The lowest BCUT2D eigenvalue weighted by atomic mass is 10.1. The van der Waals surface area contributed by atoms with E-state index in [0.717, 1.165) is 5.69 Å². The molecule has 0 radical (unpaired) electrons. The molecule has 0 bridgehead atoms. The summed E-state index contributed by atoms with van der Waals surface area (Å²) in [5.41, 5.74) is 1.82. The van der Waals surface area contributed by atoms with Gasteiger partial charge in [-0.15, -0.1) is 0 Å². The van der Waals surface area contributed by atoms with Gasteiger partial charge in [-0.05, 0) is 25.5 Å². The summed E-state index contributed by atoms with van der Waals surface area (Å²) in [6.45, 7) is 3.76. The highest BCUT2D eigenvalue weighted by molar-refractivity contribution is 5.62. The number of hydrogen-bond donors (Lipinski definition) is 1. The Morgan fingerprint density at radius 3 is 2.78 bits per heavy atom. The van der Waals surface area contributed by atoms with Crippen LogP contribution in [0.5, 0.6) is 0 Å². The number of rotatable bonds is 3. The van der Waals surface area contributed by atoms with Crippen molar-refractivity contribution >= 4 is 0 Å². The Morgan fingerprint density at radius 1 is 1.44 bits per heavy atom. The van der Waals surface area contributed by atoms with E-state index in [9.17, 15) is 4.39 Å². The SMILES string of the molecule is CCC(C#N)c1nc(-c2ccccc2F)c(C)[nH]1. The molecule has 0 saturated heterocycles. The van der Waals surface area contributed by atoms with E-state index in [1.54, 1.807) is 18.2 Å². The molecule has 0 amide bonds. The number of hydrogen-bond acceptors (Lipinski definition) is 2. The van der Waals surface area contributed by atoms with Crippen molar-refractivity contribution in [2.75, 3.05) is 0 Å². The minimum atomic E-state index is -0.302. The topological polar surface area (TPSA) is 52.5 Å². The molecular formula is C14H14FN3. The molecule has 4 heteroatoms. The molecule has 0 aliphatic carbocycles. The lowest BCUT2D eigenvalue weighted by Crippen LogP contribution is -1.96. The van der Waals surface area contributed by atoms with Gasteiger partial charge in [0.2, 0.25) is 0 Å². The average Bonchev–Trinajstić information content (AvgIpc) is 2.73. The minimum absolute atomic E-state index is 0.274. The fraction of sp³-hybridized carbons (Fsp3) is 0.286. The number of aryl methyl sites for hydroxylation is 1. The molecule has 0 spiro atoms. The van der Waals surface area contributed by atoms with Gasteiger partial charge < -0.3 is 4.98 Å². The van der Waals surface area contributed by atoms with Crippen molar-refractivity contribution in [3.8, 4) is 17.3 Å². The Kier molecular flexibility index (Phi) is 3.42. The van der Waals surface area contributed by atoms with Crippen molar-refractivity contribution < 1.29 is 4.39 Å². The van der Waals surface area contributed by atoms with Crippen molar-refractivity contribution in [3.05, 3.63) is 41.6 Å². The summed E-state index contributed by atoms with van der Waals surface area (Å²) in [5, 5.41) is 9.02. The smallest absolute Gasteiger partial charge is 0.132 e. The third-order valence-electron chi connectivity index (χ3n) is 2.93. The van der Waals surface area contributed by atoms with Gasteiger partial charge in [-0.1, -0.05) is 19.1 Å². The zero-order valence-electron chi connectivity index (χ0n) is 10.4. The molecule has 2 aromatic rings. The fourth-order valence-corrected chi connectivity index (χ4v) is 1.91. The van der Waals surface area contributed by atoms with Crippen LogP contribution in [0.15, 0.2) is 24.3 Å². The maximum Gasteiger partial charge on any atom is 0.132 e. The van der Waals surface area contributed by atoms with Crippen LogP contribution in [0.25, 0.3) is 11.3 Å². The van der Waals surface area contributed by atoms with E-state index in [-0.39, 0.29) is 11.7 Å². The highest BCUT2D eigenvalue weighted by Gasteiger charge is 2.17. The Morgan fingerprint density at radius 2 is 2.17 bits per heavy atom. The molecule has 2 rings (SSSR count). The first-order chi connectivity index (χ1) is 8.67. The largest absolute Gasteiger partial charge is 0.344 e. The molecule has 0 aliphatic heterocycles. The van der Waals surface area contributed by atoms with E-state index >= 15 is 0 Å². The number of aromatic nitrogens is 2. The zero-order chi connectivity index (χ0) is 13.1. The highest BCUT2D eigenvalue weighted by Crippen LogP contribution is 2.26. The van der Waals surface area contributed by atoms with E-state index in [0.29, 0.717) is 23.5 Å². The first-order valence-electron chi connectivity index (χ1n) is 5.88. The van der Waals surface area contributed by atoms with Gasteiger partial charge in [0.05, 0.1) is 11.8 Å². The van der Waals surface area contributed by atoms with Crippen molar-refractivity contribution in [1.29, 1.82) is 5.26 Å². The predicted molar refractivity (Wildman–Crippen MR) is 67.4 cm³/mol. The molecule has 0 aliphatic rings. The van der Waals surface area contributed by atoms with Gasteiger partial charge in [-0.3, -0.25) is 0 Å². The van der Waals surface area contributed by atoms with E-state index in [2.05, 4.69) is 16.0 Å². The van der Waals surface area contributed by atoms with E-state index in [1.807, 2.05) is 13.8 Å². The van der Waals surface area contributed by atoms with Gasteiger partial charge in [0.25, 0.3) is 0 Å². The van der Waals surface area contributed by atoms with Crippen LogP contribution < -0.4 is 0 Å². The van der Waals surface area contributed by atoms with E-state index < -0.39 is 0 Å². The molecule has 1 unspecified atom stereocenters. The van der Waals surface area contributed by atoms with E-state index in [1.165, 1.54) is 6.07 Å². The van der Waals surface area contributed by atoms with E-state index in [4.69, 9.17) is 5.26 Å². The van der Waals surface area contributed by atoms with Crippen molar-refractivity contribution in [2.24, 2.45) is 0 Å². The summed E-state index contributed by atoms with van der Waals surface area (Å²) in [6.07, 6.45) is 0.681. The van der Waals surface area contributed by atoms with Crippen LogP contribution in [0.4, 0.5) is 4.39 Å². The van der Waals surface area contributed by atoms with Gasteiger partial charge in [-0.2, -0.15) is 5.26 Å². The molecule has 0 saturated carbocycles. The normalized spacial score (nSPS) is 12.1. The third kappa shape index (κ3) is 2.12. The number of benzene rings is 1. The first-order valence-corrected chi connectivity index (χ1v) is 5.88. The Bertz CT molecular complexity index is 595. The number of aromatic amines is 1. The Labute approximate surface area is 105 Å². The van der Waals surface area contributed by atoms with Crippen LogP contribution in [-0.2, 0) is 0 Å². The number of nitriles is 1. The van der Waals surface area contributed by atoms with Crippen molar-refractivity contribution in [3.63, 3.8) is 0 Å². The molecule has 3 nitrogen and oxygen atoms in total. The highest BCUT2D eigenvalue weighted by atomic mass is 19.1. The lowest BCUT2D eigenvalue weighted by Gasteiger charge is -2.00. The summed E-state index contributed by atoms with van der Waals surface area (Å²) >= 11 is 0. The molecular weight excluding hydrogens is 229 g/mol. The predicted octanol–water partition coefficient (Wildman–Crippen LogP) is 3.54. The van der Waals surface area contributed by atoms with Crippen LogP contribution >= 0.6 is 0 Å². The van der Waals surface area contributed by atoms with Crippen LogP contribution in [0, 0.1) is 24.1 Å². The van der Waals surface area contributed by atoms with Gasteiger partial charge in [0.1, 0.15) is 17.6 Å². The molecule has 1 heterocycles. The molecule has 0 fully saturated rings. The first kappa shape index (κ1) is 12.3. The second kappa shape index (κ2) is 5.01. The van der Waals surface area contributed by atoms with Gasteiger partial charge in [0.15, 0.2) is 0 Å². The van der Waals surface area contributed by atoms with Crippen LogP contribution in [0.3, 0.4) is 0 Å². The number of nitrogens with one attached hydrogen (secondary N) is 1. The zero-order valence-corrected chi connectivity index (χ0v) is 10.4.